The van der Waals surface area contributed by atoms with Crippen LogP contribution < -0.4 is 20.9 Å². The second-order valence-corrected chi connectivity index (χ2v) is 7.45. The van der Waals surface area contributed by atoms with Gasteiger partial charge in [0.2, 0.25) is 0 Å². The summed E-state index contributed by atoms with van der Waals surface area (Å²) in [7, 11) is 1.72. The van der Waals surface area contributed by atoms with Crippen LogP contribution in [-0.4, -0.2) is 53.9 Å². The number of aromatic nitrogens is 3. The van der Waals surface area contributed by atoms with Crippen molar-refractivity contribution >= 4 is 22.4 Å². The number of hydrogen-bond acceptors (Lipinski definition) is 7. The smallest absolute Gasteiger partial charge is 0.264 e. The predicted molar refractivity (Wildman–Crippen MR) is 113 cm³/mol. The van der Waals surface area contributed by atoms with Crippen LogP contribution in [0.5, 0.6) is 0 Å². The third-order valence-electron chi connectivity index (χ3n) is 5.54. The van der Waals surface area contributed by atoms with Gasteiger partial charge in [-0.1, -0.05) is 12.1 Å². The van der Waals surface area contributed by atoms with Crippen LogP contribution in [0.15, 0.2) is 41.5 Å². The number of nitrogens with zero attached hydrogens (tertiary/aromatic N) is 5. The maximum atomic E-state index is 12.8. The molecule has 0 atom stereocenters. The molecule has 0 bridgehead atoms. The van der Waals surface area contributed by atoms with Crippen LogP contribution in [-0.2, 0) is 11.8 Å². The van der Waals surface area contributed by atoms with Crippen LogP contribution in [0.25, 0.3) is 22.2 Å². The quantitative estimate of drug-likeness (QED) is 0.725. The molecule has 1 aromatic carbocycles. The Bertz CT molecular complexity index is 1080. The van der Waals surface area contributed by atoms with Gasteiger partial charge in [0.25, 0.3) is 5.56 Å². The van der Waals surface area contributed by atoms with E-state index in [4.69, 9.17) is 9.72 Å². The summed E-state index contributed by atoms with van der Waals surface area (Å²) >= 11 is 0. The number of nitrogens with one attached hydrogen (secondary N) is 1. The van der Waals surface area contributed by atoms with E-state index < -0.39 is 0 Å². The highest BCUT2D eigenvalue weighted by Crippen LogP contribution is 2.29. The number of aryl methyl sites for hydroxylation is 1. The standard InChI is InChI=1S/C21H24N6O2/c1-25-14-22-18-13-17(24-20(19(18)21(25)28)27-8-2-7-23-27)15-3-5-16(6-4-15)26-9-11-29-12-10-26/h3-6,13-14,23H,2,7-12H2,1H3. The molecule has 5 rings (SSSR count). The molecule has 29 heavy (non-hydrogen) atoms. The molecule has 8 nitrogen and oxygen atoms in total. The minimum Gasteiger partial charge on any atom is -0.378 e. The Labute approximate surface area is 168 Å². The number of pyridine rings is 1. The van der Waals surface area contributed by atoms with Crippen LogP contribution in [0.4, 0.5) is 11.5 Å². The molecule has 8 heteroatoms. The van der Waals surface area contributed by atoms with Crippen molar-refractivity contribution in [1.29, 1.82) is 0 Å². The third-order valence-corrected chi connectivity index (χ3v) is 5.54. The fourth-order valence-corrected chi connectivity index (χ4v) is 3.92. The summed E-state index contributed by atoms with van der Waals surface area (Å²) in [5, 5.41) is 2.52. The van der Waals surface area contributed by atoms with E-state index in [2.05, 4.69) is 39.6 Å². The highest BCUT2D eigenvalue weighted by molar-refractivity contribution is 5.91. The summed E-state index contributed by atoms with van der Waals surface area (Å²) in [5.74, 6) is 0.654. The lowest BCUT2D eigenvalue weighted by Gasteiger charge is -2.29. The van der Waals surface area contributed by atoms with Crippen LogP contribution in [0, 0.1) is 0 Å². The van der Waals surface area contributed by atoms with Gasteiger partial charge in [0, 0.05) is 44.5 Å². The normalized spacial score (nSPS) is 17.3. The lowest BCUT2D eigenvalue weighted by atomic mass is 10.1. The van der Waals surface area contributed by atoms with Crippen molar-refractivity contribution in [2.75, 3.05) is 49.3 Å². The van der Waals surface area contributed by atoms with Crippen LogP contribution in [0.3, 0.4) is 0 Å². The molecule has 150 valence electrons. The van der Waals surface area contributed by atoms with Gasteiger partial charge in [0.05, 0.1) is 30.8 Å². The van der Waals surface area contributed by atoms with E-state index >= 15 is 0 Å². The van der Waals surface area contributed by atoms with Crippen molar-refractivity contribution in [2.24, 2.45) is 7.05 Å². The molecule has 1 N–H and O–H groups in total. The topological polar surface area (TPSA) is 75.5 Å². The number of rotatable bonds is 3. The fraction of sp³-hybridized carbons (Fsp3) is 0.381. The summed E-state index contributed by atoms with van der Waals surface area (Å²) in [6.45, 7) is 5.04. The van der Waals surface area contributed by atoms with Crippen molar-refractivity contribution in [2.45, 2.75) is 6.42 Å². The highest BCUT2D eigenvalue weighted by Gasteiger charge is 2.21. The van der Waals surface area contributed by atoms with Gasteiger partial charge in [0.15, 0.2) is 5.82 Å². The molecule has 2 saturated heterocycles. The lowest BCUT2D eigenvalue weighted by Crippen LogP contribution is -2.36. The van der Waals surface area contributed by atoms with E-state index in [0.717, 1.165) is 57.1 Å². The Morgan fingerprint density at radius 2 is 1.90 bits per heavy atom. The second-order valence-electron chi connectivity index (χ2n) is 7.45. The molecule has 2 aromatic heterocycles. The fourth-order valence-electron chi connectivity index (χ4n) is 3.92. The zero-order valence-electron chi connectivity index (χ0n) is 16.5. The van der Waals surface area contributed by atoms with Crippen molar-refractivity contribution < 1.29 is 4.74 Å². The molecule has 4 heterocycles. The Kier molecular flexibility index (Phi) is 4.65. The minimum atomic E-state index is -0.0829. The molecular formula is C21H24N6O2. The highest BCUT2D eigenvalue weighted by atomic mass is 16.5. The van der Waals surface area contributed by atoms with E-state index in [-0.39, 0.29) is 5.56 Å². The van der Waals surface area contributed by atoms with Gasteiger partial charge < -0.3 is 14.2 Å². The number of benzene rings is 1. The zero-order valence-corrected chi connectivity index (χ0v) is 16.5. The predicted octanol–water partition coefficient (Wildman–Crippen LogP) is 1.55. The number of hydrazine groups is 1. The monoisotopic (exact) mass is 392 g/mol. The lowest BCUT2D eigenvalue weighted by molar-refractivity contribution is 0.122. The van der Waals surface area contributed by atoms with E-state index in [1.807, 2.05) is 11.1 Å². The van der Waals surface area contributed by atoms with Crippen molar-refractivity contribution in [3.05, 3.63) is 47.0 Å². The van der Waals surface area contributed by atoms with Crippen LogP contribution >= 0.6 is 0 Å². The number of fused-ring (bicyclic) bond motifs is 1. The molecule has 2 fully saturated rings. The average molecular weight is 392 g/mol. The van der Waals surface area contributed by atoms with Crippen LogP contribution in [0.2, 0.25) is 0 Å². The zero-order chi connectivity index (χ0) is 19.8. The van der Waals surface area contributed by atoms with Gasteiger partial charge in [-0.2, -0.15) is 0 Å². The third kappa shape index (κ3) is 3.34. The first-order valence-corrected chi connectivity index (χ1v) is 10.0. The largest absolute Gasteiger partial charge is 0.378 e. The Morgan fingerprint density at radius 1 is 1.10 bits per heavy atom. The van der Waals surface area contributed by atoms with Gasteiger partial charge in [-0.15, -0.1) is 0 Å². The number of ether oxygens (including phenoxy) is 1. The van der Waals surface area contributed by atoms with Gasteiger partial charge >= 0.3 is 0 Å². The Balaban J connectivity index is 1.58. The van der Waals surface area contributed by atoms with Gasteiger partial charge in [0.1, 0.15) is 5.39 Å². The molecule has 2 aliphatic heterocycles. The number of hydrogen-bond donors (Lipinski definition) is 1. The molecule has 0 radical (unpaired) electrons. The van der Waals surface area contributed by atoms with Gasteiger partial charge in [-0.05, 0) is 24.6 Å². The molecule has 0 saturated carbocycles. The summed E-state index contributed by atoms with van der Waals surface area (Å²) in [4.78, 5) is 24.5. The maximum absolute atomic E-state index is 12.8. The van der Waals surface area contributed by atoms with E-state index in [1.165, 1.54) is 10.3 Å². The van der Waals surface area contributed by atoms with E-state index in [0.29, 0.717) is 16.7 Å². The minimum absolute atomic E-state index is 0.0829. The van der Waals surface area contributed by atoms with Crippen molar-refractivity contribution in [3.63, 3.8) is 0 Å². The molecule has 0 spiro atoms. The number of anilines is 2. The average Bonchev–Trinajstić information content (AvgIpc) is 3.31. The van der Waals surface area contributed by atoms with Crippen molar-refractivity contribution in [1.82, 2.24) is 20.0 Å². The summed E-state index contributed by atoms with van der Waals surface area (Å²) in [5.41, 5.74) is 6.91. The summed E-state index contributed by atoms with van der Waals surface area (Å²) in [6.07, 6.45) is 2.58. The molecular weight excluding hydrogens is 368 g/mol. The van der Waals surface area contributed by atoms with Crippen LogP contribution in [0.1, 0.15) is 6.42 Å². The van der Waals surface area contributed by atoms with Gasteiger partial charge in [-0.25, -0.2) is 15.4 Å². The SMILES string of the molecule is Cn1cnc2cc(-c3ccc(N4CCOCC4)cc3)nc(N3CCCN3)c2c1=O. The molecule has 3 aromatic rings. The van der Waals surface area contributed by atoms with E-state index in [9.17, 15) is 4.79 Å². The Morgan fingerprint density at radius 3 is 2.62 bits per heavy atom. The molecule has 0 unspecified atom stereocenters. The molecule has 0 aliphatic carbocycles. The number of morpholine rings is 1. The molecule has 0 amide bonds. The first-order chi connectivity index (χ1) is 14.2. The van der Waals surface area contributed by atoms with Gasteiger partial charge in [-0.3, -0.25) is 9.80 Å². The summed E-state index contributed by atoms with van der Waals surface area (Å²) in [6, 6.07) is 10.3. The second kappa shape index (κ2) is 7.46. The van der Waals surface area contributed by atoms with Crippen molar-refractivity contribution in [3.8, 4) is 11.3 Å². The maximum Gasteiger partial charge on any atom is 0.264 e. The first-order valence-electron chi connectivity index (χ1n) is 10.0. The summed E-state index contributed by atoms with van der Waals surface area (Å²) < 4.78 is 6.94. The Hall–Kier alpha value is -2.97. The molecule has 2 aliphatic rings. The first kappa shape index (κ1) is 18.1. The van der Waals surface area contributed by atoms with E-state index in [1.54, 1.807) is 13.4 Å².